The normalized spacial score (nSPS) is 12.1. The molecule has 0 amide bonds. The average molecular weight is 181 g/mol. The third-order valence-corrected chi connectivity index (χ3v) is 2.77. The molecule has 1 nitrogen and oxygen atoms in total. The lowest BCUT2D eigenvalue weighted by atomic mass is 10.2. The second-order valence-corrected chi connectivity index (χ2v) is 4.13. The van der Waals surface area contributed by atoms with Gasteiger partial charge in [-0.15, -0.1) is 11.3 Å². The van der Waals surface area contributed by atoms with Gasteiger partial charge >= 0.3 is 0 Å². The molecule has 0 spiro atoms. The van der Waals surface area contributed by atoms with E-state index in [9.17, 15) is 0 Å². The molecule has 1 rings (SSSR count). The van der Waals surface area contributed by atoms with Crippen LogP contribution in [-0.2, 0) is 0 Å². The molecule has 0 bridgehead atoms. The monoisotopic (exact) mass is 181 g/mol. The van der Waals surface area contributed by atoms with E-state index in [0.29, 0.717) is 6.54 Å². The lowest BCUT2D eigenvalue weighted by Gasteiger charge is -1.97. The van der Waals surface area contributed by atoms with Crippen molar-refractivity contribution in [1.29, 1.82) is 0 Å². The number of nitrogens with two attached hydrogens (primary N) is 1. The Bertz CT molecular complexity index is 267. The van der Waals surface area contributed by atoms with Crippen molar-refractivity contribution in [2.75, 3.05) is 6.54 Å². The minimum atomic E-state index is 0.674. The zero-order chi connectivity index (χ0) is 8.97. The molecule has 0 unspecified atom stereocenters. The zero-order valence-electron chi connectivity index (χ0n) is 7.63. The molecule has 1 aromatic heterocycles. The molecule has 0 fully saturated rings. The van der Waals surface area contributed by atoms with Gasteiger partial charge in [0.1, 0.15) is 0 Å². The van der Waals surface area contributed by atoms with Crippen LogP contribution in [-0.4, -0.2) is 6.54 Å². The van der Waals surface area contributed by atoms with Crippen LogP contribution in [0.2, 0.25) is 0 Å². The molecule has 0 saturated carbocycles. The van der Waals surface area contributed by atoms with E-state index in [1.807, 2.05) is 11.3 Å². The third-order valence-electron chi connectivity index (χ3n) is 1.82. The van der Waals surface area contributed by atoms with E-state index in [4.69, 9.17) is 5.73 Å². The van der Waals surface area contributed by atoms with Crippen molar-refractivity contribution in [1.82, 2.24) is 0 Å². The van der Waals surface area contributed by atoms with E-state index in [2.05, 4.69) is 32.1 Å². The van der Waals surface area contributed by atoms with E-state index >= 15 is 0 Å². The predicted octanol–water partition coefficient (Wildman–Crippen LogP) is 2.81. The maximum absolute atomic E-state index is 5.57. The predicted molar refractivity (Wildman–Crippen MR) is 56.4 cm³/mol. The Hall–Kier alpha value is -0.600. The lowest BCUT2D eigenvalue weighted by molar-refractivity contribution is 1.02. The highest BCUT2D eigenvalue weighted by Crippen LogP contribution is 2.18. The molecular formula is C10H15NS. The average Bonchev–Trinajstić information content (AvgIpc) is 2.47. The van der Waals surface area contributed by atoms with Gasteiger partial charge < -0.3 is 5.73 Å². The van der Waals surface area contributed by atoms with Crippen molar-refractivity contribution in [3.8, 4) is 0 Å². The van der Waals surface area contributed by atoms with Crippen LogP contribution in [0.3, 0.4) is 0 Å². The van der Waals surface area contributed by atoms with Crippen LogP contribution in [0.25, 0.3) is 6.08 Å². The minimum absolute atomic E-state index is 0.674. The van der Waals surface area contributed by atoms with Gasteiger partial charge in [0.25, 0.3) is 0 Å². The SMILES string of the molecule is CC/C(=C/c1ccc(C)s1)CN. The van der Waals surface area contributed by atoms with E-state index < -0.39 is 0 Å². The van der Waals surface area contributed by atoms with Crippen molar-refractivity contribution >= 4 is 17.4 Å². The van der Waals surface area contributed by atoms with Crippen molar-refractivity contribution in [3.05, 3.63) is 27.5 Å². The van der Waals surface area contributed by atoms with Crippen LogP contribution in [0.4, 0.5) is 0 Å². The van der Waals surface area contributed by atoms with Crippen molar-refractivity contribution < 1.29 is 0 Å². The lowest BCUT2D eigenvalue weighted by Crippen LogP contribution is -2.01. The third kappa shape index (κ3) is 2.47. The molecular weight excluding hydrogens is 166 g/mol. The first-order chi connectivity index (χ1) is 5.76. The first-order valence-electron chi connectivity index (χ1n) is 4.22. The van der Waals surface area contributed by atoms with Gasteiger partial charge in [-0.25, -0.2) is 0 Å². The number of thiophene rings is 1. The summed E-state index contributed by atoms with van der Waals surface area (Å²) in [5.41, 5.74) is 6.89. The Morgan fingerprint density at radius 1 is 1.58 bits per heavy atom. The van der Waals surface area contributed by atoms with Gasteiger partial charge in [-0.2, -0.15) is 0 Å². The summed E-state index contributed by atoms with van der Waals surface area (Å²) in [6, 6.07) is 4.28. The molecule has 2 heteroatoms. The number of rotatable bonds is 3. The molecule has 1 aromatic rings. The Morgan fingerprint density at radius 3 is 2.75 bits per heavy atom. The van der Waals surface area contributed by atoms with Gasteiger partial charge in [-0.3, -0.25) is 0 Å². The van der Waals surface area contributed by atoms with Gasteiger partial charge in [-0.1, -0.05) is 12.5 Å². The van der Waals surface area contributed by atoms with Gasteiger partial charge in [0.05, 0.1) is 0 Å². The summed E-state index contributed by atoms with van der Waals surface area (Å²) in [4.78, 5) is 2.67. The van der Waals surface area contributed by atoms with E-state index in [-0.39, 0.29) is 0 Å². The molecule has 2 N–H and O–H groups in total. The first kappa shape index (κ1) is 9.49. The molecule has 0 radical (unpaired) electrons. The van der Waals surface area contributed by atoms with Crippen LogP contribution in [0.1, 0.15) is 23.1 Å². The molecule has 0 aromatic carbocycles. The summed E-state index contributed by atoms with van der Waals surface area (Å²) in [6.45, 7) is 4.93. The fourth-order valence-electron chi connectivity index (χ4n) is 1.04. The highest BCUT2D eigenvalue weighted by atomic mass is 32.1. The van der Waals surface area contributed by atoms with Gasteiger partial charge in [0.2, 0.25) is 0 Å². The quantitative estimate of drug-likeness (QED) is 0.762. The number of aryl methyl sites for hydroxylation is 1. The topological polar surface area (TPSA) is 26.0 Å². The molecule has 0 aliphatic heterocycles. The molecule has 12 heavy (non-hydrogen) atoms. The Morgan fingerprint density at radius 2 is 2.33 bits per heavy atom. The van der Waals surface area contributed by atoms with E-state index in [0.717, 1.165) is 6.42 Å². The van der Waals surface area contributed by atoms with Crippen LogP contribution < -0.4 is 5.73 Å². The highest BCUT2D eigenvalue weighted by Gasteiger charge is 1.94. The molecule has 1 heterocycles. The second-order valence-electron chi connectivity index (χ2n) is 2.81. The van der Waals surface area contributed by atoms with Crippen LogP contribution >= 0.6 is 11.3 Å². The zero-order valence-corrected chi connectivity index (χ0v) is 8.45. The fourth-order valence-corrected chi connectivity index (χ4v) is 1.91. The maximum Gasteiger partial charge on any atom is 0.0273 e. The molecule has 66 valence electrons. The Labute approximate surface area is 77.9 Å². The van der Waals surface area contributed by atoms with Crippen LogP contribution in [0.5, 0.6) is 0 Å². The summed E-state index contributed by atoms with van der Waals surface area (Å²) in [5, 5.41) is 0. The summed E-state index contributed by atoms with van der Waals surface area (Å²) in [7, 11) is 0. The Balaban J connectivity index is 2.78. The largest absolute Gasteiger partial charge is 0.327 e. The molecule has 0 saturated heterocycles. The van der Waals surface area contributed by atoms with Gasteiger partial charge in [-0.05, 0) is 31.6 Å². The second kappa shape index (κ2) is 4.43. The summed E-state index contributed by atoms with van der Waals surface area (Å²) in [6.07, 6.45) is 3.24. The van der Waals surface area contributed by atoms with Crippen molar-refractivity contribution in [2.45, 2.75) is 20.3 Å². The van der Waals surface area contributed by atoms with E-state index in [1.54, 1.807) is 0 Å². The molecule has 0 aliphatic carbocycles. The van der Waals surface area contributed by atoms with Crippen molar-refractivity contribution in [2.24, 2.45) is 5.73 Å². The van der Waals surface area contributed by atoms with Gasteiger partial charge in [0, 0.05) is 16.3 Å². The van der Waals surface area contributed by atoms with Crippen LogP contribution in [0.15, 0.2) is 17.7 Å². The summed E-state index contributed by atoms with van der Waals surface area (Å²) in [5.74, 6) is 0. The molecule has 0 aliphatic rings. The first-order valence-corrected chi connectivity index (χ1v) is 5.04. The number of hydrogen-bond acceptors (Lipinski definition) is 2. The van der Waals surface area contributed by atoms with E-state index in [1.165, 1.54) is 15.3 Å². The van der Waals surface area contributed by atoms with Gasteiger partial charge in [0.15, 0.2) is 0 Å². The standard InChI is InChI=1S/C10H15NS/c1-3-9(7-11)6-10-5-4-8(2)12-10/h4-6H,3,7,11H2,1-2H3/b9-6-. The maximum atomic E-state index is 5.57. The summed E-state index contributed by atoms with van der Waals surface area (Å²) < 4.78 is 0. The van der Waals surface area contributed by atoms with Crippen molar-refractivity contribution in [3.63, 3.8) is 0 Å². The Kier molecular flexibility index (Phi) is 3.50. The summed E-state index contributed by atoms with van der Waals surface area (Å²) >= 11 is 1.81. The van der Waals surface area contributed by atoms with Crippen LogP contribution in [0, 0.1) is 6.92 Å². The smallest absolute Gasteiger partial charge is 0.0273 e. The highest BCUT2D eigenvalue weighted by molar-refractivity contribution is 7.12. The molecule has 0 atom stereocenters. The number of hydrogen-bond donors (Lipinski definition) is 1. The minimum Gasteiger partial charge on any atom is -0.327 e. The fraction of sp³-hybridized carbons (Fsp3) is 0.400.